The minimum absolute atomic E-state index is 0.0387. The van der Waals surface area contributed by atoms with Gasteiger partial charge in [0.15, 0.2) is 0 Å². The van der Waals surface area contributed by atoms with Gasteiger partial charge >= 0.3 is 0 Å². The Balaban J connectivity index is 1.73. The SMILES string of the molecule is Cn1nc(C2CCC(=O)NC2=O)c2ccc(N3CCNCC3(C)C)cc21. The largest absolute Gasteiger partial charge is 0.364 e. The zero-order valence-corrected chi connectivity index (χ0v) is 15.5. The molecule has 138 valence electrons. The van der Waals surface area contributed by atoms with E-state index >= 15 is 0 Å². The molecule has 0 saturated carbocycles. The number of piperidine rings is 1. The molecule has 1 unspecified atom stereocenters. The highest BCUT2D eigenvalue weighted by Gasteiger charge is 2.33. The van der Waals surface area contributed by atoms with Gasteiger partial charge < -0.3 is 10.2 Å². The van der Waals surface area contributed by atoms with Crippen molar-refractivity contribution in [3.8, 4) is 0 Å². The maximum Gasteiger partial charge on any atom is 0.235 e. The van der Waals surface area contributed by atoms with E-state index in [-0.39, 0.29) is 23.3 Å². The average Bonchev–Trinajstić information content (AvgIpc) is 2.91. The molecule has 2 aliphatic heterocycles. The molecule has 2 fully saturated rings. The van der Waals surface area contributed by atoms with Gasteiger partial charge in [-0.1, -0.05) is 0 Å². The zero-order chi connectivity index (χ0) is 18.5. The average molecular weight is 355 g/mol. The number of hydrogen-bond acceptors (Lipinski definition) is 5. The summed E-state index contributed by atoms with van der Waals surface area (Å²) in [6.07, 6.45) is 0.880. The fraction of sp³-hybridized carbons (Fsp3) is 0.526. The summed E-state index contributed by atoms with van der Waals surface area (Å²) in [5.41, 5.74) is 2.98. The first-order chi connectivity index (χ1) is 12.4. The minimum atomic E-state index is -0.363. The lowest BCUT2D eigenvalue weighted by atomic mass is 9.92. The quantitative estimate of drug-likeness (QED) is 0.794. The molecule has 2 saturated heterocycles. The van der Waals surface area contributed by atoms with Crippen molar-refractivity contribution in [1.29, 1.82) is 0 Å². The van der Waals surface area contributed by atoms with Crippen molar-refractivity contribution in [3.05, 3.63) is 23.9 Å². The summed E-state index contributed by atoms with van der Waals surface area (Å²) < 4.78 is 1.84. The van der Waals surface area contributed by atoms with Gasteiger partial charge in [-0.15, -0.1) is 0 Å². The van der Waals surface area contributed by atoms with Crippen molar-refractivity contribution in [2.75, 3.05) is 24.5 Å². The van der Waals surface area contributed by atoms with Crippen LogP contribution in [0.2, 0.25) is 0 Å². The van der Waals surface area contributed by atoms with Crippen LogP contribution in [0.3, 0.4) is 0 Å². The summed E-state index contributed by atoms with van der Waals surface area (Å²) in [5, 5.41) is 11.5. The zero-order valence-electron chi connectivity index (χ0n) is 15.5. The van der Waals surface area contributed by atoms with Gasteiger partial charge in [0.25, 0.3) is 0 Å². The van der Waals surface area contributed by atoms with Crippen molar-refractivity contribution in [3.63, 3.8) is 0 Å². The number of rotatable bonds is 2. The van der Waals surface area contributed by atoms with Gasteiger partial charge in [-0.25, -0.2) is 0 Å². The van der Waals surface area contributed by atoms with E-state index in [1.54, 1.807) is 0 Å². The van der Waals surface area contributed by atoms with E-state index in [1.165, 1.54) is 5.69 Å². The van der Waals surface area contributed by atoms with Gasteiger partial charge in [0.05, 0.1) is 17.1 Å². The number of amides is 2. The Hall–Kier alpha value is -2.41. The summed E-state index contributed by atoms with van der Waals surface area (Å²) in [6, 6.07) is 6.34. The molecular formula is C19H25N5O2. The molecule has 4 rings (SSSR count). The normalized spacial score (nSPS) is 23.3. The van der Waals surface area contributed by atoms with Crippen molar-refractivity contribution < 1.29 is 9.59 Å². The predicted octanol–water partition coefficient (Wildman–Crippen LogP) is 1.28. The number of nitrogens with zero attached hydrogens (tertiary/aromatic N) is 3. The van der Waals surface area contributed by atoms with E-state index in [4.69, 9.17) is 0 Å². The molecule has 1 atom stereocenters. The molecule has 0 spiro atoms. The number of piperazine rings is 1. The van der Waals surface area contributed by atoms with Gasteiger partial charge in [0, 0.05) is 49.7 Å². The molecule has 7 heteroatoms. The number of nitrogens with one attached hydrogen (secondary N) is 2. The molecular weight excluding hydrogens is 330 g/mol. The third kappa shape index (κ3) is 2.76. The molecule has 1 aromatic carbocycles. The molecule has 2 aromatic rings. The highest BCUT2D eigenvalue weighted by Crippen LogP contribution is 2.34. The van der Waals surface area contributed by atoms with Crippen LogP contribution in [0.15, 0.2) is 18.2 Å². The number of fused-ring (bicyclic) bond motifs is 1. The number of carbonyl (C=O) groups is 2. The summed E-state index contributed by atoms with van der Waals surface area (Å²) in [5.74, 6) is -0.804. The van der Waals surface area contributed by atoms with Crippen LogP contribution in [-0.2, 0) is 16.6 Å². The van der Waals surface area contributed by atoms with Gasteiger partial charge in [-0.2, -0.15) is 5.10 Å². The number of imide groups is 1. The number of carbonyl (C=O) groups excluding carboxylic acids is 2. The van der Waals surface area contributed by atoms with Gasteiger partial charge in [0.1, 0.15) is 0 Å². The predicted molar refractivity (Wildman–Crippen MR) is 100 cm³/mol. The lowest BCUT2D eigenvalue weighted by Crippen LogP contribution is -2.58. The molecule has 2 aliphatic rings. The molecule has 0 aliphatic carbocycles. The van der Waals surface area contributed by atoms with Crippen LogP contribution >= 0.6 is 0 Å². The second kappa shape index (κ2) is 6.09. The topological polar surface area (TPSA) is 79.3 Å². The Morgan fingerprint density at radius 2 is 2.08 bits per heavy atom. The van der Waals surface area contributed by atoms with Crippen molar-refractivity contribution in [1.82, 2.24) is 20.4 Å². The fourth-order valence-corrected chi connectivity index (χ4v) is 4.12. The summed E-state index contributed by atoms with van der Waals surface area (Å²) in [7, 11) is 1.91. The van der Waals surface area contributed by atoms with Crippen molar-refractivity contribution >= 4 is 28.4 Å². The molecule has 26 heavy (non-hydrogen) atoms. The van der Waals surface area contributed by atoms with Crippen molar-refractivity contribution in [2.45, 2.75) is 38.1 Å². The highest BCUT2D eigenvalue weighted by atomic mass is 16.2. The van der Waals surface area contributed by atoms with Crippen LogP contribution in [0, 0.1) is 0 Å². The lowest BCUT2D eigenvalue weighted by molar-refractivity contribution is -0.134. The first-order valence-corrected chi connectivity index (χ1v) is 9.15. The summed E-state index contributed by atoms with van der Waals surface area (Å²) in [6.45, 7) is 7.34. The third-order valence-corrected chi connectivity index (χ3v) is 5.55. The Labute approximate surface area is 152 Å². The molecule has 0 bridgehead atoms. The number of aryl methyl sites for hydroxylation is 1. The number of anilines is 1. The fourth-order valence-electron chi connectivity index (χ4n) is 4.12. The number of hydrogen-bond donors (Lipinski definition) is 2. The molecule has 0 radical (unpaired) electrons. The van der Waals surface area contributed by atoms with Gasteiger partial charge in [-0.05, 0) is 38.5 Å². The van der Waals surface area contributed by atoms with E-state index in [2.05, 4.69) is 52.7 Å². The van der Waals surface area contributed by atoms with E-state index in [1.807, 2.05) is 11.7 Å². The van der Waals surface area contributed by atoms with Crippen LogP contribution < -0.4 is 15.5 Å². The summed E-state index contributed by atoms with van der Waals surface area (Å²) >= 11 is 0. The van der Waals surface area contributed by atoms with E-state index in [0.717, 1.165) is 36.2 Å². The standard InChI is InChI=1S/C19H25N5O2/c1-19(2)11-20-8-9-24(19)12-4-5-13-15(10-12)23(3)22-17(13)14-6-7-16(25)21-18(14)26/h4-5,10,14,20H,6-9,11H2,1-3H3,(H,21,25,26). The smallest absolute Gasteiger partial charge is 0.235 e. The second-order valence-corrected chi connectivity index (χ2v) is 7.85. The van der Waals surface area contributed by atoms with E-state index < -0.39 is 0 Å². The Kier molecular flexibility index (Phi) is 3.99. The van der Waals surface area contributed by atoms with Crippen LogP contribution in [-0.4, -0.2) is 46.8 Å². The Morgan fingerprint density at radius 1 is 1.27 bits per heavy atom. The lowest BCUT2D eigenvalue weighted by Gasteiger charge is -2.44. The van der Waals surface area contributed by atoms with Crippen LogP contribution in [0.4, 0.5) is 5.69 Å². The van der Waals surface area contributed by atoms with Crippen LogP contribution in [0.5, 0.6) is 0 Å². The van der Waals surface area contributed by atoms with Gasteiger partial charge in [0.2, 0.25) is 11.8 Å². The number of aromatic nitrogens is 2. The van der Waals surface area contributed by atoms with E-state index in [0.29, 0.717) is 12.8 Å². The monoisotopic (exact) mass is 355 g/mol. The Morgan fingerprint density at radius 3 is 2.81 bits per heavy atom. The van der Waals surface area contributed by atoms with Crippen LogP contribution in [0.1, 0.15) is 38.3 Å². The molecule has 2 N–H and O–H groups in total. The van der Waals surface area contributed by atoms with Gasteiger partial charge in [-0.3, -0.25) is 19.6 Å². The first kappa shape index (κ1) is 17.0. The first-order valence-electron chi connectivity index (χ1n) is 9.15. The summed E-state index contributed by atoms with van der Waals surface area (Å²) in [4.78, 5) is 26.1. The third-order valence-electron chi connectivity index (χ3n) is 5.55. The van der Waals surface area contributed by atoms with E-state index in [9.17, 15) is 9.59 Å². The highest BCUT2D eigenvalue weighted by molar-refractivity contribution is 6.02. The van der Waals surface area contributed by atoms with Crippen molar-refractivity contribution in [2.24, 2.45) is 7.05 Å². The molecule has 1 aromatic heterocycles. The second-order valence-electron chi connectivity index (χ2n) is 7.85. The maximum absolute atomic E-state index is 12.3. The van der Waals surface area contributed by atoms with Crippen LogP contribution in [0.25, 0.3) is 10.9 Å². The molecule has 2 amide bonds. The minimum Gasteiger partial charge on any atom is -0.364 e. The molecule has 3 heterocycles. The number of benzene rings is 1. The maximum atomic E-state index is 12.3. The Bertz CT molecular complexity index is 885. The molecule has 7 nitrogen and oxygen atoms in total.